The summed E-state index contributed by atoms with van der Waals surface area (Å²) >= 11 is 0. The molecule has 6 nitrogen and oxygen atoms in total. The Bertz CT molecular complexity index is 532. The lowest BCUT2D eigenvalue weighted by Gasteiger charge is -2.25. The number of rotatable bonds is 7. The molecule has 0 radical (unpaired) electrons. The summed E-state index contributed by atoms with van der Waals surface area (Å²) in [6.45, 7) is 4.28. The summed E-state index contributed by atoms with van der Waals surface area (Å²) in [7, 11) is 0. The fourth-order valence-electron chi connectivity index (χ4n) is 1.77. The normalized spacial score (nSPS) is 10.4. The molecule has 1 aromatic rings. The molecule has 21 heavy (non-hydrogen) atoms. The summed E-state index contributed by atoms with van der Waals surface area (Å²) in [5.41, 5.74) is 1.14. The van der Waals surface area contributed by atoms with Crippen molar-refractivity contribution in [2.45, 2.75) is 26.3 Å². The number of hydrogen-bond donors (Lipinski definition) is 2. The molecule has 0 saturated heterocycles. The van der Waals surface area contributed by atoms with E-state index >= 15 is 0 Å². The van der Waals surface area contributed by atoms with E-state index in [4.69, 9.17) is 10.4 Å². The Hall–Kier alpha value is -2.39. The first-order chi connectivity index (χ1) is 9.92. The minimum Gasteiger partial charge on any atom is -0.481 e. The van der Waals surface area contributed by atoms with Gasteiger partial charge in [0.15, 0.2) is 0 Å². The molecule has 2 N–H and O–H groups in total. The van der Waals surface area contributed by atoms with Gasteiger partial charge < -0.3 is 10.4 Å². The summed E-state index contributed by atoms with van der Waals surface area (Å²) in [5.74, 6) is -1.09. The van der Waals surface area contributed by atoms with Crippen LogP contribution in [0.2, 0.25) is 0 Å². The Balaban J connectivity index is 2.56. The highest BCUT2D eigenvalue weighted by molar-refractivity contribution is 5.92. The van der Waals surface area contributed by atoms with Gasteiger partial charge in [-0.15, -0.1) is 0 Å². The van der Waals surface area contributed by atoms with E-state index in [0.717, 1.165) is 0 Å². The fourth-order valence-corrected chi connectivity index (χ4v) is 1.77. The van der Waals surface area contributed by atoms with Gasteiger partial charge in [0.2, 0.25) is 5.91 Å². The van der Waals surface area contributed by atoms with Crippen LogP contribution < -0.4 is 5.32 Å². The van der Waals surface area contributed by atoms with E-state index in [1.807, 2.05) is 19.9 Å². The molecule has 0 atom stereocenters. The summed E-state index contributed by atoms with van der Waals surface area (Å²) in [6, 6.07) is 8.66. The van der Waals surface area contributed by atoms with Crippen molar-refractivity contribution in [3.05, 3.63) is 29.8 Å². The molecular formula is C15H19N3O3. The molecule has 0 saturated carbocycles. The third-order valence-electron chi connectivity index (χ3n) is 2.99. The first-order valence-corrected chi connectivity index (χ1v) is 6.68. The number of benzene rings is 1. The van der Waals surface area contributed by atoms with Gasteiger partial charge in [-0.05, 0) is 38.1 Å². The predicted molar refractivity (Wildman–Crippen MR) is 78.7 cm³/mol. The second-order valence-corrected chi connectivity index (χ2v) is 4.95. The molecule has 0 spiro atoms. The number of carbonyl (C=O) groups excluding carboxylic acids is 1. The average Bonchev–Trinajstić information content (AvgIpc) is 2.43. The molecule has 1 amide bonds. The van der Waals surface area contributed by atoms with Crippen molar-refractivity contribution in [2.75, 3.05) is 18.4 Å². The zero-order chi connectivity index (χ0) is 15.8. The van der Waals surface area contributed by atoms with Crippen molar-refractivity contribution in [3.8, 4) is 6.07 Å². The van der Waals surface area contributed by atoms with Gasteiger partial charge in [-0.3, -0.25) is 14.5 Å². The van der Waals surface area contributed by atoms with Gasteiger partial charge in [-0.1, -0.05) is 0 Å². The number of nitrogens with zero attached hydrogens (tertiary/aromatic N) is 2. The molecule has 0 fully saturated rings. The molecule has 0 unspecified atom stereocenters. The van der Waals surface area contributed by atoms with Crippen molar-refractivity contribution in [3.63, 3.8) is 0 Å². The van der Waals surface area contributed by atoms with E-state index in [1.54, 1.807) is 29.2 Å². The number of nitrogens with one attached hydrogen (secondary N) is 1. The summed E-state index contributed by atoms with van der Waals surface area (Å²) in [6.07, 6.45) is 0.00231. The Morgan fingerprint density at radius 1 is 1.33 bits per heavy atom. The van der Waals surface area contributed by atoms with Crippen LogP contribution in [0.1, 0.15) is 25.8 Å². The largest absolute Gasteiger partial charge is 0.481 e. The minimum atomic E-state index is -0.881. The number of aliphatic carboxylic acids is 1. The summed E-state index contributed by atoms with van der Waals surface area (Å²) < 4.78 is 0. The van der Waals surface area contributed by atoms with E-state index < -0.39 is 5.97 Å². The molecular weight excluding hydrogens is 270 g/mol. The van der Waals surface area contributed by atoms with Gasteiger partial charge in [-0.2, -0.15) is 5.26 Å². The van der Waals surface area contributed by atoms with Crippen LogP contribution in [0.3, 0.4) is 0 Å². The standard InChI is InChI=1S/C15H19N3O3/c1-11(2)18(8-7-15(20)21)10-14(19)17-13-5-3-12(9-16)4-6-13/h3-6,11H,7-8,10H2,1-2H3,(H,17,19)(H,20,21). The summed E-state index contributed by atoms with van der Waals surface area (Å²) in [4.78, 5) is 24.4. The zero-order valence-electron chi connectivity index (χ0n) is 12.2. The number of carboxylic acids is 1. The van der Waals surface area contributed by atoms with E-state index in [0.29, 0.717) is 17.8 Å². The van der Waals surface area contributed by atoms with Crippen molar-refractivity contribution in [2.24, 2.45) is 0 Å². The Morgan fingerprint density at radius 3 is 2.43 bits per heavy atom. The molecule has 6 heteroatoms. The van der Waals surface area contributed by atoms with Gasteiger partial charge in [-0.25, -0.2) is 0 Å². The van der Waals surface area contributed by atoms with Crippen molar-refractivity contribution in [1.29, 1.82) is 5.26 Å². The highest BCUT2D eigenvalue weighted by Crippen LogP contribution is 2.09. The van der Waals surface area contributed by atoms with Crippen molar-refractivity contribution < 1.29 is 14.7 Å². The van der Waals surface area contributed by atoms with Crippen LogP contribution in [0.25, 0.3) is 0 Å². The van der Waals surface area contributed by atoms with Crippen LogP contribution in [0.15, 0.2) is 24.3 Å². The summed E-state index contributed by atoms with van der Waals surface area (Å²) in [5, 5.41) is 20.1. The van der Waals surface area contributed by atoms with Gasteiger partial charge in [0.25, 0.3) is 0 Å². The average molecular weight is 289 g/mol. The van der Waals surface area contributed by atoms with Gasteiger partial charge in [0.1, 0.15) is 0 Å². The maximum absolute atomic E-state index is 12.0. The molecule has 1 rings (SSSR count). The molecule has 0 bridgehead atoms. The molecule has 1 aromatic carbocycles. The maximum atomic E-state index is 12.0. The second kappa shape index (κ2) is 8.02. The molecule has 0 heterocycles. The SMILES string of the molecule is CC(C)N(CCC(=O)O)CC(=O)Nc1ccc(C#N)cc1. The third kappa shape index (κ3) is 6.06. The smallest absolute Gasteiger partial charge is 0.304 e. The quantitative estimate of drug-likeness (QED) is 0.796. The number of carbonyl (C=O) groups is 2. The van der Waals surface area contributed by atoms with E-state index in [1.165, 1.54) is 0 Å². The number of carboxylic acid groups (broad SMARTS) is 1. The second-order valence-electron chi connectivity index (χ2n) is 4.95. The number of anilines is 1. The number of hydrogen-bond acceptors (Lipinski definition) is 4. The highest BCUT2D eigenvalue weighted by atomic mass is 16.4. The van der Waals surface area contributed by atoms with E-state index in [-0.39, 0.29) is 24.9 Å². The molecule has 0 aliphatic carbocycles. The first-order valence-electron chi connectivity index (χ1n) is 6.68. The lowest BCUT2D eigenvalue weighted by atomic mass is 10.2. The van der Waals surface area contributed by atoms with Crippen LogP contribution in [0.4, 0.5) is 5.69 Å². The van der Waals surface area contributed by atoms with E-state index in [9.17, 15) is 9.59 Å². The number of nitriles is 1. The molecule has 0 aliphatic rings. The van der Waals surface area contributed by atoms with Gasteiger partial charge in [0, 0.05) is 18.3 Å². The van der Waals surface area contributed by atoms with Gasteiger partial charge >= 0.3 is 5.97 Å². The molecule has 112 valence electrons. The predicted octanol–water partition coefficient (Wildman–Crippen LogP) is 1.68. The third-order valence-corrected chi connectivity index (χ3v) is 2.99. The van der Waals surface area contributed by atoms with Crippen LogP contribution in [-0.4, -0.2) is 41.0 Å². The highest BCUT2D eigenvalue weighted by Gasteiger charge is 2.15. The van der Waals surface area contributed by atoms with E-state index in [2.05, 4.69) is 5.32 Å². The van der Waals surface area contributed by atoms with Crippen LogP contribution in [-0.2, 0) is 9.59 Å². The minimum absolute atomic E-state index is 0.00231. The maximum Gasteiger partial charge on any atom is 0.304 e. The fraction of sp³-hybridized carbons (Fsp3) is 0.400. The lowest BCUT2D eigenvalue weighted by molar-refractivity contribution is -0.137. The zero-order valence-corrected chi connectivity index (χ0v) is 12.2. The Kier molecular flexibility index (Phi) is 6.37. The van der Waals surface area contributed by atoms with Crippen molar-refractivity contribution in [1.82, 2.24) is 4.90 Å². The van der Waals surface area contributed by atoms with Crippen molar-refractivity contribution >= 4 is 17.6 Å². The van der Waals surface area contributed by atoms with Crippen LogP contribution >= 0.6 is 0 Å². The monoisotopic (exact) mass is 289 g/mol. The number of amides is 1. The molecule has 0 aromatic heterocycles. The Labute approximate surface area is 124 Å². The molecule has 0 aliphatic heterocycles. The topological polar surface area (TPSA) is 93.4 Å². The first kappa shape index (κ1) is 16.7. The van der Waals surface area contributed by atoms with Gasteiger partial charge in [0.05, 0.1) is 24.6 Å². The van der Waals surface area contributed by atoms with Crippen LogP contribution in [0, 0.1) is 11.3 Å². The lowest BCUT2D eigenvalue weighted by Crippen LogP contribution is -2.39. The van der Waals surface area contributed by atoms with Crippen LogP contribution in [0.5, 0.6) is 0 Å². The Morgan fingerprint density at radius 2 is 1.95 bits per heavy atom.